The van der Waals surface area contributed by atoms with Gasteiger partial charge in [0.2, 0.25) is 5.91 Å². The number of amides is 2. The van der Waals surface area contributed by atoms with Crippen LogP contribution < -0.4 is 16.0 Å². The minimum Gasteiger partial charge on any atom is -0.459 e. The summed E-state index contributed by atoms with van der Waals surface area (Å²) in [5.74, 6) is -0.0938. The molecule has 6 heteroatoms. The van der Waals surface area contributed by atoms with Gasteiger partial charge in [-0.25, -0.2) is 0 Å². The molecule has 3 N–H and O–H groups in total. The van der Waals surface area contributed by atoms with E-state index in [4.69, 9.17) is 4.42 Å². The van der Waals surface area contributed by atoms with Crippen molar-refractivity contribution in [3.8, 4) is 0 Å². The number of rotatable bonds is 7. The lowest BCUT2D eigenvalue weighted by Crippen LogP contribution is -2.34. The molecule has 0 radical (unpaired) electrons. The number of hydrogen-bond acceptors (Lipinski definition) is 4. The van der Waals surface area contributed by atoms with Gasteiger partial charge in [0.1, 0.15) is 6.04 Å². The summed E-state index contributed by atoms with van der Waals surface area (Å²) in [5.41, 5.74) is 2.33. The molecule has 28 heavy (non-hydrogen) atoms. The van der Waals surface area contributed by atoms with Gasteiger partial charge < -0.3 is 20.4 Å². The number of benzene rings is 2. The van der Waals surface area contributed by atoms with E-state index >= 15 is 0 Å². The molecule has 3 aromatic rings. The molecule has 1 heterocycles. The van der Waals surface area contributed by atoms with E-state index in [1.165, 1.54) is 6.26 Å². The molecular formula is C22H21N3O3. The number of furan rings is 1. The molecule has 2 aromatic carbocycles. The van der Waals surface area contributed by atoms with Crippen LogP contribution in [-0.4, -0.2) is 17.9 Å². The van der Waals surface area contributed by atoms with Crippen LogP contribution in [0.2, 0.25) is 0 Å². The van der Waals surface area contributed by atoms with E-state index in [0.717, 1.165) is 24.1 Å². The maximum atomic E-state index is 12.7. The second-order valence-electron chi connectivity index (χ2n) is 6.78. The van der Waals surface area contributed by atoms with Gasteiger partial charge in [-0.05, 0) is 54.8 Å². The molecule has 0 bridgehead atoms. The van der Waals surface area contributed by atoms with Crippen LogP contribution in [0.3, 0.4) is 0 Å². The minimum atomic E-state index is -0.481. The van der Waals surface area contributed by atoms with Crippen LogP contribution in [0.5, 0.6) is 0 Å². The minimum absolute atomic E-state index is 0.0381. The third-order valence-electron chi connectivity index (χ3n) is 4.52. The summed E-state index contributed by atoms with van der Waals surface area (Å²) in [6.07, 6.45) is 3.53. The third kappa shape index (κ3) is 4.40. The molecule has 2 amide bonds. The van der Waals surface area contributed by atoms with Crippen molar-refractivity contribution in [3.05, 3.63) is 84.3 Å². The zero-order valence-electron chi connectivity index (χ0n) is 15.2. The van der Waals surface area contributed by atoms with Crippen molar-refractivity contribution < 1.29 is 14.0 Å². The average molecular weight is 375 g/mol. The first-order valence-electron chi connectivity index (χ1n) is 9.26. The lowest BCUT2D eigenvalue weighted by Gasteiger charge is -2.20. The Morgan fingerprint density at radius 3 is 2.25 bits per heavy atom. The van der Waals surface area contributed by atoms with Crippen LogP contribution in [0.15, 0.2) is 77.4 Å². The van der Waals surface area contributed by atoms with Crippen molar-refractivity contribution in [2.75, 3.05) is 10.6 Å². The van der Waals surface area contributed by atoms with Gasteiger partial charge in [-0.3, -0.25) is 9.59 Å². The van der Waals surface area contributed by atoms with Crippen LogP contribution in [0.1, 0.15) is 35.0 Å². The normalized spacial score (nSPS) is 14.1. The van der Waals surface area contributed by atoms with Gasteiger partial charge in [0.05, 0.1) is 6.26 Å². The number of carbonyl (C=O) groups is 2. The Kier molecular flexibility index (Phi) is 5.10. The highest BCUT2D eigenvalue weighted by atomic mass is 16.3. The predicted octanol–water partition coefficient (Wildman–Crippen LogP) is 3.96. The van der Waals surface area contributed by atoms with E-state index in [9.17, 15) is 9.59 Å². The highest BCUT2D eigenvalue weighted by Crippen LogP contribution is 2.24. The molecular weight excluding hydrogens is 354 g/mol. The largest absolute Gasteiger partial charge is 0.459 e. The van der Waals surface area contributed by atoms with Gasteiger partial charge in [-0.15, -0.1) is 0 Å². The van der Waals surface area contributed by atoms with Crippen LogP contribution >= 0.6 is 0 Å². The Labute approximate surface area is 162 Å². The molecule has 6 nitrogen and oxygen atoms in total. The molecule has 1 aliphatic carbocycles. The van der Waals surface area contributed by atoms with Crippen molar-refractivity contribution >= 4 is 23.2 Å². The van der Waals surface area contributed by atoms with E-state index < -0.39 is 6.04 Å². The standard InChI is InChI=1S/C22H21N3O3/c26-21(19-7-4-14-28-19)24-17-10-8-16(9-11-17)23-20(15-5-2-1-3-6-15)22(27)25-18-12-13-18/h1-11,14,18,20,23H,12-13H2,(H,24,26)(H,25,27)/t20-/m0/s1. The smallest absolute Gasteiger partial charge is 0.291 e. The maximum absolute atomic E-state index is 12.7. The Bertz CT molecular complexity index is 933. The van der Waals surface area contributed by atoms with Gasteiger partial charge in [0.15, 0.2) is 5.76 Å². The average Bonchev–Trinajstić information content (AvgIpc) is 3.35. The fourth-order valence-electron chi connectivity index (χ4n) is 2.87. The molecule has 1 aliphatic rings. The van der Waals surface area contributed by atoms with E-state index in [1.54, 1.807) is 24.3 Å². The van der Waals surface area contributed by atoms with Crippen LogP contribution in [-0.2, 0) is 4.79 Å². The van der Waals surface area contributed by atoms with Gasteiger partial charge in [0.25, 0.3) is 5.91 Å². The predicted molar refractivity (Wildman–Crippen MR) is 107 cm³/mol. The zero-order valence-corrected chi connectivity index (χ0v) is 15.2. The summed E-state index contributed by atoms with van der Waals surface area (Å²) in [6, 6.07) is 19.9. The summed E-state index contributed by atoms with van der Waals surface area (Å²) < 4.78 is 5.09. The summed E-state index contributed by atoms with van der Waals surface area (Å²) >= 11 is 0. The second-order valence-corrected chi connectivity index (χ2v) is 6.78. The van der Waals surface area contributed by atoms with E-state index in [2.05, 4.69) is 16.0 Å². The Morgan fingerprint density at radius 1 is 0.893 bits per heavy atom. The topological polar surface area (TPSA) is 83.4 Å². The Morgan fingerprint density at radius 2 is 1.61 bits per heavy atom. The van der Waals surface area contributed by atoms with Gasteiger partial charge in [-0.2, -0.15) is 0 Å². The molecule has 1 fully saturated rings. The molecule has 0 aliphatic heterocycles. The summed E-state index contributed by atoms with van der Waals surface area (Å²) in [6.45, 7) is 0. The highest BCUT2D eigenvalue weighted by molar-refractivity contribution is 6.02. The molecule has 0 saturated heterocycles. The van der Waals surface area contributed by atoms with E-state index in [0.29, 0.717) is 11.7 Å². The van der Waals surface area contributed by atoms with Gasteiger partial charge in [0, 0.05) is 17.4 Å². The van der Waals surface area contributed by atoms with Crippen LogP contribution in [0, 0.1) is 0 Å². The number of carbonyl (C=O) groups excluding carboxylic acids is 2. The van der Waals surface area contributed by atoms with E-state index in [1.807, 2.05) is 42.5 Å². The fourth-order valence-corrected chi connectivity index (χ4v) is 2.87. The highest BCUT2D eigenvalue weighted by Gasteiger charge is 2.28. The Hall–Kier alpha value is -3.54. The number of anilines is 2. The van der Waals surface area contributed by atoms with Crippen LogP contribution in [0.25, 0.3) is 0 Å². The van der Waals surface area contributed by atoms with Crippen molar-refractivity contribution in [2.24, 2.45) is 0 Å². The summed E-state index contributed by atoms with van der Waals surface area (Å²) in [4.78, 5) is 24.7. The van der Waals surface area contributed by atoms with Crippen molar-refractivity contribution in [3.63, 3.8) is 0 Å². The lowest BCUT2D eigenvalue weighted by molar-refractivity contribution is -0.122. The van der Waals surface area contributed by atoms with Gasteiger partial charge >= 0.3 is 0 Å². The first-order valence-corrected chi connectivity index (χ1v) is 9.26. The first kappa shape index (κ1) is 17.9. The zero-order chi connectivity index (χ0) is 19.3. The second kappa shape index (κ2) is 8.00. The molecule has 0 spiro atoms. The molecule has 0 unspecified atom stereocenters. The fraction of sp³-hybridized carbons (Fsp3) is 0.182. The summed E-state index contributed by atoms with van der Waals surface area (Å²) in [7, 11) is 0. The Balaban J connectivity index is 1.45. The molecule has 1 aromatic heterocycles. The maximum Gasteiger partial charge on any atom is 0.291 e. The van der Waals surface area contributed by atoms with Crippen molar-refractivity contribution in [1.82, 2.24) is 5.32 Å². The van der Waals surface area contributed by atoms with Gasteiger partial charge in [-0.1, -0.05) is 30.3 Å². The SMILES string of the molecule is O=C(Nc1ccc(N[C@H](C(=O)NC2CC2)c2ccccc2)cc1)c1ccco1. The molecule has 1 atom stereocenters. The number of hydrogen-bond donors (Lipinski definition) is 3. The van der Waals surface area contributed by atoms with Crippen molar-refractivity contribution in [2.45, 2.75) is 24.9 Å². The molecule has 1 saturated carbocycles. The molecule has 142 valence electrons. The summed E-state index contributed by atoms with van der Waals surface area (Å²) in [5, 5.41) is 9.12. The quantitative estimate of drug-likeness (QED) is 0.584. The molecule has 4 rings (SSSR count). The lowest BCUT2D eigenvalue weighted by atomic mass is 10.1. The third-order valence-corrected chi connectivity index (χ3v) is 4.52. The monoisotopic (exact) mass is 375 g/mol. The number of nitrogens with one attached hydrogen (secondary N) is 3. The van der Waals surface area contributed by atoms with E-state index in [-0.39, 0.29) is 17.6 Å². The van der Waals surface area contributed by atoms with Crippen LogP contribution in [0.4, 0.5) is 11.4 Å². The van der Waals surface area contributed by atoms with Crippen molar-refractivity contribution in [1.29, 1.82) is 0 Å². The first-order chi connectivity index (χ1) is 13.7.